The van der Waals surface area contributed by atoms with Crippen LogP contribution in [0.3, 0.4) is 0 Å². The third-order valence-corrected chi connectivity index (χ3v) is 2.65. The number of non-ortho nitro benzene ring substituents is 1. The highest BCUT2D eigenvalue weighted by Crippen LogP contribution is 2.33. The van der Waals surface area contributed by atoms with Gasteiger partial charge in [0.05, 0.1) is 23.2 Å². The fraction of sp³-hybridized carbons (Fsp3) is 0.400. The van der Waals surface area contributed by atoms with Gasteiger partial charge in [0.25, 0.3) is 11.6 Å². The number of anilines is 1. The van der Waals surface area contributed by atoms with E-state index in [1.165, 1.54) is 4.90 Å². The smallest absolute Gasteiger partial charge is 0.272 e. The van der Waals surface area contributed by atoms with Crippen LogP contribution in [0.5, 0.6) is 0 Å². The highest BCUT2D eigenvalue weighted by molar-refractivity contribution is 5.53. The molecular formula is C10H9F3N2O2. The molecule has 92 valence electrons. The van der Waals surface area contributed by atoms with Gasteiger partial charge in [-0.2, -0.15) is 0 Å². The number of nitro benzene ring substituents is 1. The molecule has 0 unspecified atom stereocenters. The van der Waals surface area contributed by atoms with Crippen molar-refractivity contribution in [3.05, 3.63) is 34.1 Å². The van der Waals surface area contributed by atoms with Crippen molar-refractivity contribution in [1.29, 1.82) is 0 Å². The summed E-state index contributed by atoms with van der Waals surface area (Å²) in [7, 11) is 0. The van der Waals surface area contributed by atoms with Gasteiger partial charge >= 0.3 is 0 Å². The third-order valence-electron chi connectivity index (χ3n) is 2.65. The maximum atomic E-state index is 13.5. The molecule has 0 amide bonds. The Labute approximate surface area is 94.8 Å². The predicted octanol–water partition coefficient (Wildman–Crippen LogP) is 2.58. The Hall–Kier alpha value is -1.79. The van der Waals surface area contributed by atoms with Gasteiger partial charge in [0.2, 0.25) is 0 Å². The summed E-state index contributed by atoms with van der Waals surface area (Å²) in [5.41, 5.74) is -0.412. The Kier molecular flexibility index (Phi) is 2.68. The van der Waals surface area contributed by atoms with Crippen LogP contribution in [0.1, 0.15) is 6.42 Å². The van der Waals surface area contributed by atoms with Crippen molar-refractivity contribution < 1.29 is 18.1 Å². The summed E-state index contributed by atoms with van der Waals surface area (Å²) in [6, 6.07) is 3.01. The van der Waals surface area contributed by atoms with Crippen molar-refractivity contribution in [2.75, 3.05) is 18.0 Å². The van der Waals surface area contributed by atoms with Crippen LogP contribution in [0.15, 0.2) is 18.2 Å². The minimum Gasteiger partial charge on any atom is -0.363 e. The second-order valence-electron chi connectivity index (χ2n) is 3.92. The fourth-order valence-electron chi connectivity index (χ4n) is 1.81. The van der Waals surface area contributed by atoms with Crippen molar-refractivity contribution in [3.63, 3.8) is 0 Å². The number of hydrogen-bond donors (Lipinski definition) is 0. The van der Waals surface area contributed by atoms with Gasteiger partial charge in [-0.25, -0.2) is 13.2 Å². The Morgan fingerprint density at radius 1 is 1.41 bits per heavy atom. The van der Waals surface area contributed by atoms with Gasteiger partial charge < -0.3 is 4.90 Å². The van der Waals surface area contributed by atoms with Gasteiger partial charge in [0.15, 0.2) is 5.82 Å². The molecule has 0 radical (unpaired) electrons. The lowest BCUT2D eigenvalue weighted by Crippen LogP contribution is -2.25. The normalized spacial score (nSPS) is 18.4. The first-order chi connectivity index (χ1) is 7.89. The highest BCUT2D eigenvalue weighted by atomic mass is 19.3. The average Bonchev–Trinajstić information content (AvgIpc) is 2.58. The monoisotopic (exact) mass is 246 g/mol. The first-order valence-corrected chi connectivity index (χ1v) is 4.96. The third kappa shape index (κ3) is 2.32. The predicted molar refractivity (Wildman–Crippen MR) is 54.8 cm³/mol. The van der Waals surface area contributed by atoms with E-state index in [9.17, 15) is 23.3 Å². The lowest BCUT2D eigenvalue weighted by molar-refractivity contribution is -0.385. The first kappa shape index (κ1) is 11.7. The molecule has 1 heterocycles. The molecule has 0 aliphatic carbocycles. The molecule has 1 aromatic rings. The lowest BCUT2D eigenvalue weighted by Gasteiger charge is -2.18. The molecule has 4 nitrogen and oxygen atoms in total. The Morgan fingerprint density at radius 2 is 2.12 bits per heavy atom. The quantitative estimate of drug-likeness (QED) is 0.595. The van der Waals surface area contributed by atoms with Gasteiger partial charge in [0.1, 0.15) is 0 Å². The highest BCUT2D eigenvalue weighted by Gasteiger charge is 2.39. The number of benzene rings is 1. The van der Waals surface area contributed by atoms with E-state index in [1.54, 1.807) is 0 Å². The molecule has 1 aliphatic rings. The van der Waals surface area contributed by atoms with Gasteiger partial charge in [-0.05, 0) is 6.07 Å². The van der Waals surface area contributed by atoms with E-state index in [4.69, 9.17) is 0 Å². The van der Waals surface area contributed by atoms with E-state index in [1.807, 2.05) is 0 Å². The SMILES string of the molecule is O=[N+]([O-])c1ccc(N2CCC(F)(F)C2)c(F)c1. The van der Waals surface area contributed by atoms with Crippen LogP contribution in [0.4, 0.5) is 24.5 Å². The van der Waals surface area contributed by atoms with Crippen molar-refractivity contribution in [3.8, 4) is 0 Å². The Morgan fingerprint density at radius 3 is 2.59 bits per heavy atom. The summed E-state index contributed by atoms with van der Waals surface area (Å²) < 4.78 is 39.4. The van der Waals surface area contributed by atoms with E-state index < -0.39 is 28.9 Å². The van der Waals surface area contributed by atoms with Crippen molar-refractivity contribution >= 4 is 11.4 Å². The van der Waals surface area contributed by atoms with Gasteiger partial charge in [-0.3, -0.25) is 10.1 Å². The van der Waals surface area contributed by atoms with E-state index in [2.05, 4.69) is 0 Å². The van der Waals surface area contributed by atoms with Gasteiger partial charge in [-0.15, -0.1) is 0 Å². The summed E-state index contributed by atoms with van der Waals surface area (Å²) in [6.45, 7) is -0.510. The summed E-state index contributed by atoms with van der Waals surface area (Å²) in [5, 5.41) is 10.4. The zero-order valence-corrected chi connectivity index (χ0v) is 8.70. The molecule has 0 aromatic heterocycles. The average molecular weight is 246 g/mol. The van der Waals surface area contributed by atoms with Crippen LogP contribution < -0.4 is 4.90 Å². The second-order valence-corrected chi connectivity index (χ2v) is 3.92. The van der Waals surface area contributed by atoms with E-state index in [0.29, 0.717) is 0 Å². The van der Waals surface area contributed by atoms with E-state index in [0.717, 1.165) is 18.2 Å². The molecule has 1 aliphatic heterocycles. The number of alkyl halides is 2. The minimum absolute atomic E-state index is 0.0206. The molecule has 17 heavy (non-hydrogen) atoms. The zero-order chi connectivity index (χ0) is 12.6. The Balaban J connectivity index is 2.26. The molecule has 0 N–H and O–H groups in total. The fourth-order valence-corrected chi connectivity index (χ4v) is 1.81. The van der Waals surface area contributed by atoms with Crippen LogP contribution in [-0.4, -0.2) is 23.9 Å². The van der Waals surface area contributed by atoms with E-state index >= 15 is 0 Å². The summed E-state index contributed by atoms with van der Waals surface area (Å²) in [5.74, 6) is -3.68. The molecule has 1 saturated heterocycles. The minimum atomic E-state index is -2.83. The lowest BCUT2D eigenvalue weighted by atomic mass is 10.2. The van der Waals surface area contributed by atoms with Crippen molar-refractivity contribution in [1.82, 2.24) is 0 Å². The van der Waals surface area contributed by atoms with Crippen LogP contribution in [0.25, 0.3) is 0 Å². The molecule has 0 bridgehead atoms. The number of rotatable bonds is 2. The van der Waals surface area contributed by atoms with Crippen LogP contribution in [-0.2, 0) is 0 Å². The van der Waals surface area contributed by atoms with Crippen LogP contribution >= 0.6 is 0 Å². The molecule has 2 rings (SSSR count). The number of halogens is 3. The summed E-state index contributed by atoms with van der Waals surface area (Å²) in [6.07, 6.45) is -0.330. The largest absolute Gasteiger partial charge is 0.363 e. The molecule has 1 aromatic carbocycles. The molecule has 0 saturated carbocycles. The molecular weight excluding hydrogens is 237 g/mol. The van der Waals surface area contributed by atoms with Crippen LogP contribution in [0, 0.1) is 15.9 Å². The number of hydrogen-bond acceptors (Lipinski definition) is 3. The standard InChI is InChI=1S/C10H9F3N2O2/c11-8-5-7(15(16)17)1-2-9(8)14-4-3-10(12,13)6-14/h1-2,5H,3-4,6H2. The second kappa shape index (κ2) is 3.90. The number of nitro groups is 1. The molecule has 0 atom stereocenters. The van der Waals surface area contributed by atoms with Crippen molar-refractivity contribution in [2.45, 2.75) is 12.3 Å². The number of nitrogens with zero attached hydrogens (tertiary/aromatic N) is 2. The first-order valence-electron chi connectivity index (χ1n) is 4.96. The maximum absolute atomic E-state index is 13.5. The topological polar surface area (TPSA) is 46.4 Å². The zero-order valence-electron chi connectivity index (χ0n) is 8.70. The van der Waals surface area contributed by atoms with Gasteiger partial charge in [0, 0.05) is 19.0 Å². The van der Waals surface area contributed by atoms with E-state index in [-0.39, 0.29) is 18.7 Å². The summed E-state index contributed by atoms with van der Waals surface area (Å²) >= 11 is 0. The maximum Gasteiger partial charge on any atom is 0.272 e. The summed E-state index contributed by atoms with van der Waals surface area (Å²) in [4.78, 5) is 10.9. The van der Waals surface area contributed by atoms with Gasteiger partial charge in [-0.1, -0.05) is 0 Å². The molecule has 7 heteroatoms. The molecule has 1 fully saturated rings. The van der Waals surface area contributed by atoms with Crippen molar-refractivity contribution in [2.24, 2.45) is 0 Å². The molecule has 0 spiro atoms. The van der Waals surface area contributed by atoms with Crippen LogP contribution in [0.2, 0.25) is 0 Å². The Bertz CT molecular complexity index is 465.